The van der Waals surface area contributed by atoms with E-state index in [1.54, 1.807) is 12.3 Å². The molecule has 0 radical (unpaired) electrons. The van der Waals surface area contributed by atoms with E-state index in [1.165, 1.54) is 5.56 Å². The quantitative estimate of drug-likeness (QED) is 0.250. The number of carboxylic acid groups (broad SMARTS) is 2. The number of carboxylic acids is 2. The summed E-state index contributed by atoms with van der Waals surface area (Å²) in [5, 5.41) is 18.7. The molecule has 0 spiro atoms. The van der Waals surface area contributed by atoms with Crippen LogP contribution >= 0.6 is 12.2 Å². The molecule has 0 unspecified atom stereocenters. The molecule has 0 aliphatic heterocycles. The summed E-state index contributed by atoms with van der Waals surface area (Å²) in [6.45, 7) is 2.00. The fourth-order valence-electron chi connectivity index (χ4n) is 3.49. The van der Waals surface area contributed by atoms with E-state index in [9.17, 15) is 14.7 Å². The van der Waals surface area contributed by atoms with Crippen molar-refractivity contribution in [1.82, 2.24) is 4.98 Å². The molecule has 1 heterocycles. The van der Waals surface area contributed by atoms with Gasteiger partial charge in [0.1, 0.15) is 0 Å². The van der Waals surface area contributed by atoms with Gasteiger partial charge in [-0.1, -0.05) is 90.6 Å². The Morgan fingerprint density at radius 3 is 2.15 bits per heavy atom. The highest BCUT2D eigenvalue weighted by molar-refractivity contribution is 7.80. The first-order valence-corrected chi connectivity index (χ1v) is 11.2. The van der Waals surface area contributed by atoms with Crippen LogP contribution in [-0.4, -0.2) is 32.0 Å². The highest BCUT2D eigenvalue weighted by Crippen LogP contribution is 2.22. The molecule has 0 aliphatic rings. The number of fused-ring (bicyclic) bond motifs is 1. The molecule has 3 aromatic carbocycles. The van der Waals surface area contributed by atoms with Crippen molar-refractivity contribution in [1.29, 1.82) is 0 Å². The second kappa shape index (κ2) is 11.8. The Morgan fingerprint density at radius 1 is 0.853 bits per heavy atom. The SMILES string of the molecule is Cc1ccc(C(=S)CCC(=O)O)cc1.O=C(O)c1c(Cc2ccccc2)cnc2ccccc12. The van der Waals surface area contributed by atoms with Gasteiger partial charge in [0.05, 0.1) is 17.5 Å². The van der Waals surface area contributed by atoms with E-state index in [4.69, 9.17) is 17.3 Å². The van der Waals surface area contributed by atoms with Crippen molar-refractivity contribution in [3.8, 4) is 0 Å². The summed E-state index contributed by atoms with van der Waals surface area (Å²) in [5.74, 6) is -1.71. The van der Waals surface area contributed by atoms with Crippen molar-refractivity contribution in [2.45, 2.75) is 26.2 Å². The topological polar surface area (TPSA) is 87.5 Å². The van der Waals surface area contributed by atoms with E-state index in [1.807, 2.05) is 79.7 Å². The molecule has 0 atom stereocenters. The Morgan fingerprint density at radius 2 is 1.50 bits per heavy atom. The number of pyridine rings is 1. The van der Waals surface area contributed by atoms with Crippen LogP contribution in [0.2, 0.25) is 0 Å². The molecule has 5 nitrogen and oxygen atoms in total. The number of carbonyl (C=O) groups is 2. The number of hydrogen-bond donors (Lipinski definition) is 2. The lowest BCUT2D eigenvalue weighted by Crippen LogP contribution is -2.05. The Hall–Kier alpha value is -3.90. The van der Waals surface area contributed by atoms with Crippen LogP contribution in [0.1, 0.15) is 45.5 Å². The smallest absolute Gasteiger partial charge is 0.336 e. The molecule has 0 aliphatic carbocycles. The summed E-state index contributed by atoms with van der Waals surface area (Å²) in [5.41, 5.74) is 5.00. The summed E-state index contributed by atoms with van der Waals surface area (Å²) < 4.78 is 0. The summed E-state index contributed by atoms with van der Waals surface area (Å²) >= 11 is 5.12. The Bertz CT molecular complexity index is 1300. The third-order valence-electron chi connectivity index (χ3n) is 5.24. The van der Waals surface area contributed by atoms with E-state index in [2.05, 4.69) is 4.98 Å². The zero-order chi connectivity index (χ0) is 24.5. The van der Waals surface area contributed by atoms with Crippen molar-refractivity contribution in [2.24, 2.45) is 0 Å². The van der Waals surface area contributed by atoms with Gasteiger partial charge in [-0.05, 0) is 42.5 Å². The maximum Gasteiger partial charge on any atom is 0.336 e. The summed E-state index contributed by atoms with van der Waals surface area (Å²) in [4.78, 5) is 27.0. The number of para-hydroxylation sites is 1. The van der Waals surface area contributed by atoms with Crippen LogP contribution < -0.4 is 0 Å². The van der Waals surface area contributed by atoms with Crippen molar-refractivity contribution in [3.05, 3.63) is 113 Å². The lowest BCUT2D eigenvalue weighted by atomic mass is 9.98. The van der Waals surface area contributed by atoms with Crippen LogP contribution in [0.3, 0.4) is 0 Å². The molecule has 0 fully saturated rings. The zero-order valence-electron chi connectivity index (χ0n) is 18.8. The van der Waals surface area contributed by atoms with Crippen LogP contribution in [-0.2, 0) is 11.2 Å². The number of benzene rings is 3. The third kappa shape index (κ3) is 6.80. The minimum absolute atomic E-state index is 0.104. The lowest BCUT2D eigenvalue weighted by molar-refractivity contribution is -0.136. The maximum absolute atomic E-state index is 11.6. The van der Waals surface area contributed by atoms with Gasteiger partial charge >= 0.3 is 11.9 Å². The maximum atomic E-state index is 11.6. The van der Waals surface area contributed by atoms with Crippen LogP contribution in [0.5, 0.6) is 0 Å². The van der Waals surface area contributed by atoms with Gasteiger partial charge in [0.25, 0.3) is 0 Å². The second-order valence-electron chi connectivity index (χ2n) is 7.83. The molecule has 0 saturated carbocycles. The number of rotatable bonds is 7. The average Bonchev–Trinajstić information content (AvgIpc) is 2.83. The van der Waals surface area contributed by atoms with Crippen LogP contribution in [0, 0.1) is 6.92 Å². The molecule has 34 heavy (non-hydrogen) atoms. The number of thiocarbonyl (C=S) groups is 1. The molecule has 4 aromatic rings. The highest BCUT2D eigenvalue weighted by atomic mass is 32.1. The predicted molar refractivity (Wildman–Crippen MR) is 138 cm³/mol. The molecule has 1 aromatic heterocycles. The summed E-state index contributed by atoms with van der Waals surface area (Å²) in [6, 6.07) is 25.0. The summed E-state index contributed by atoms with van der Waals surface area (Å²) in [6.07, 6.45) is 2.78. The van der Waals surface area contributed by atoms with E-state index < -0.39 is 11.9 Å². The van der Waals surface area contributed by atoms with Gasteiger partial charge in [0.2, 0.25) is 0 Å². The molecule has 0 bridgehead atoms. The number of aromatic carboxylic acids is 1. The molecule has 4 rings (SSSR count). The predicted octanol–water partition coefficient (Wildman–Crippen LogP) is 6.10. The molecule has 0 amide bonds. The standard InChI is InChI=1S/C17H13NO2.C11H12O2S/c19-17(20)16-13(10-12-6-2-1-3-7-12)11-18-15-9-5-4-8-14(15)16;1-8-2-4-9(5-3-8)10(14)6-7-11(12)13/h1-9,11H,10H2,(H,19,20);2-5H,6-7H2,1H3,(H,12,13). The third-order valence-corrected chi connectivity index (χ3v) is 5.68. The monoisotopic (exact) mass is 471 g/mol. The van der Waals surface area contributed by atoms with E-state index in [0.717, 1.165) is 16.7 Å². The molecule has 0 saturated heterocycles. The zero-order valence-corrected chi connectivity index (χ0v) is 19.6. The normalized spacial score (nSPS) is 10.3. The number of nitrogens with zero attached hydrogens (tertiary/aromatic N) is 1. The Balaban J connectivity index is 0.000000204. The first kappa shape index (κ1) is 24.7. The number of aliphatic carboxylic acids is 1. The van der Waals surface area contributed by atoms with Gasteiger partial charge in [0, 0.05) is 16.4 Å². The van der Waals surface area contributed by atoms with Crippen molar-refractivity contribution in [3.63, 3.8) is 0 Å². The average molecular weight is 472 g/mol. The Kier molecular flexibility index (Phi) is 8.60. The minimum Gasteiger partial charge on any atom is -0.481 e. The van der Waals surface area contributed by atoms with Crippen molar-refractivity contribution in [2.75, 3.05) is 0 Å². The fraction of sp³-hybridized carbons (Fsp3) is 0.143. The first-order chi connectivity index (χ1) is 16.3. The minimum atomic E-state index is -0.908. The molecular weight excluding hydrogens is 446 g/mol. The summed E-state index contributed by atoms with van der Waals surface area (Å²) in [7, 11) is 0. The number of aromatic nitrogens is 1. The van der Waals surface area contributed by atoms with Crippen molar-refractivity contribution >= 4 is 39.9 Å². The van der Waals surface area contributed by atoms with Crippen LogP contribution in [0.15, 0.2) is 85.1 Å². The molecule has 172 valence electrons. The number of hydrogen-bond acceptors (Lipinski definition) is 4. The van der Waals surface area contributed by atoms with Gasteiger partial charge in [-0.3, -0.25) is 9.78 Å². The lowest BCUT2D eigenvalue weighted by Gasteiger charge is -2.09. The molecule has 2 N–H and O–H groups in total. The van der Waals surface area contributed by atoms with Gasteiger partial charge in [-0.2, -0.15) is 0 Å². The molecule has 6 heteroatoms. The largest absolute Gasteiger partial charge is 0.481 e. The number of aryl methyl sites for hydroxylation is 1. The van der Waals surface area contributed by atoms with Crippen molar-refractivity contribution < 1.29 is 19.8 Å². The van der Waals surface area contributed by atoms with Crippen LogP contribution in [0.4, 0.5) is 0 Å². The van der Waals surface area contributed by atoms with Crippen LogP contribution in [0.25, 0.3) is 10.9 Å². The first-order valence-electron chi connectivity index (χ1n) is 10.8. The van der Waals surface area contributed by atoms with Gasteiger partial charge in [0.15, 0.2) is 0 Å². The van der Waals surface area contributed by atoms with E-state index in [-0.39, 0.29) is 6.42 Å². The van der Waals surface area contributed by atoms with E-state index in [0.29, 0.717) is 34.2 Å². The van der Waals surface area contributed by atoms with Gasteiger partial charge in [-0.15, -0.1) is 0 Å². The Labute approximate surface area is 203 Å². The van der Waals surface area contributed by atoms with Gasteiger partial charge in [-0.25, -0.2) is 4.79 Å². The molecular formula is C28H25NO4S. The van der Waals surface area contributed by atoms with Gasteiger partial charge < -0.3 is 10.2 Å². The highest BCUT2D eigenvalue weighted by Gasteiger charge is 2.15. The fourth-order valence-corrected chi connectivity index (χ4v) is 3.73. The van der Waals surface area contributed by atoms with E-state index >= 15 is 0 Å². The second-order valence-corrected chi connectivity index (χ2v) is 8.32.